The number of ether oxygens (including phenoxy) is 2. The van der Waals surface area contributed by atoms with Crippen LogP contribution in [0.25, 0.3) is 0 Å². The van der Waals surface area contributed by atoms with Crippen molar-refractivity contribution in [1.82, 2.24) is 5.32 Å². The molecule has 0 radical (unpaired) electrons. The Labute approximate surface area is 130 Å². The van der Waals surface area contributed by atoms with Crippen LogP contribution in [0.1, 0.15) is 52.0 Å². The van der Waals surface area contributed by atoms with Crippen LogP contribution in [0.4, 0.5) is 0 Å². The second-order valence-corrected chi connectivity index (χ2v) is 5.49. The summed E-state index contributed by atoms with van der Waals surface area (Å²) in [5.41, 5.74) is 1.23. The summed E-state index contributed by atoms with van der Waals surface area (Å²) in [4.78, 5) is 0. The fourth-order valence-corrected chi connectivity index (χ4v) is 2.32. The molecule has 0 heterocycles. The maximum absolute atomic E-state index is 6.05. The minimum absolute atomic E-state index is 0.632. The molecule has 1 atom stereocenters. The van der Waals surface area contributed by atoms with Gasteiger partial charge >= 0.3 is 0 Å². The molecular weight excluding hydrogens is 262 g/mol. The molecule has 0 bridgehead atoms. The van der Waals surface area contributed by atoms with Crippen LogP contribution >= 0.6 is 0 Å². The monoisotopic (exact) mass is 293 g/mol. The molecule has 1 rings (SSSR count). The highest BCUT2D eigenvalue weighted by Gasteiger charge is 2.10. The smallest absolute Gasteiger partial charge is 0.161 e. The van der Waals surface area contributed by atoms with Crippen molar-refractivity contribution in [2.24, 2.45) is 5.92 Å². The van der Waals surface area contributed by atoms with Crippen molar-refractivity contribution in [3.8, 4) is 11.5 Å². The normalized spacial score (nSPS) is 12.2. The molecule has 21 heavy (non-hydrogen) atoms. The molecule has 0 saturated carbocycles. The van der Waals surface area contributed by atoms with E-state index in [4.69, 9.17) is 9.47 Å². The average Bonchev–Trinajstić information content (AvgIpc) is 2.53. The molecule has 0 aliphatic heterocycles. The molecule has 0 aliphatic rings. The lowest BCUT2D eigenvalue weighted by Gasteiger charge is -2.18. The zero-order valence-electron chi connectivity index (χ0n) is 14.1. The van der Waals surface area contributed by atoms with Crippen LogP contribution in [-0.4, -0.2) is 20.3 Å². The standard InChI is InChI=1S/C18H31NO2/c1-5-8-9-15(6-2)14-21-18-12-16(13-19-7-3)10-11-17(18)20-4/h10-12,15,19H,5-9,13-14H2,1-4H3. The van der Waals surface area contributed by atoms with E-state index in [1.165, 1.54) is 31.2 Å². The predicted molar refractivity (Wildman–Crippen MR) is 89.2 cm³/mol. The van der Waals surface area contributed by atoms with E-state index in [1.54, 1.807) is 7.11 Å². The van der Waals surface area contributed by atoms with Crippen molar-refractivity contribution in [3.63, 3.8) is 0 Å². The maximum Gasteiger partial charge on any atom is 0.161 e. The van der Waals surface area contributed by atoms with Gasteiger partial charge in [0.05, 0.1) is 13.7 Å². The Morgan fingerprint density at radius 1 is 1.14 bits per heavy atom. The second kappa shape index (κ2) is 10.5. The fraction of sp³-hybridized carbons (Fsp3) is 0.667. The Hall–Kier alpha value is -1.22. The van der Waals surface area contributed by atoms with E-state index in [-0.39, 0.29) is 0 Å². The number of hydrogen-bond acceptors (Lipinski definition) is 3. The van der Waals surface area contributed by atoms with Crippen LogP contribution < -0.4 is 14.8 Å². The largest absolute Gasteiger partial charge is 0.493 e. The van der Waals surface area contributed by atoms with Crippen LogP contribution in [0.2, 0.25) is 0 Å². The highest BCUT2D eigenvalue weighted by atomic mass is 16.5. The molecule has 1 unspecified atom stereocenters. The number of hydrogen-bond donors (Lipinski definition) is 1. The zero-order valence-corrected chi connectivity index (χ0v) is 14.1. The molecule has 1 aromatic carbocycles. The van der Waals surface area contributed by atoms with E-state index in [2.05, 4.69) is 38.2 Å². The van der Waals surface area contributed by atoms with E-state index >= 15 is 0 Å². The van der Waals surface area contributed by atoms with Crippen LogP contribution in [-0.2, 0) is 6.54 Å². The van der Waals surface area contributed by atoms with E-state index in [0.717, 1.165) is 31.2 Å². The van der Waals surface area contributed by atoms with Gasteiger partial charge in [0.25, 0.3) is 0 Å². The molecule has 0 saturated heterocycles. The highest BCUT2D eigenvalue weighted by Crippen LogP contribution is 2.29. The number of rotatable bonds is 11. The minimum atomic E-state index is 0.632. The summed E-state index contributed by atoms with van der Waals surface area (Å²) in [7, 11) is 1.69. The third-order valence-electron chi connectivity index (χ3n) is 3.82. The van der Waals surface area contributed by atoms with Gasteiger partial charge in [0.2, 0.25) is 0 Å². The lowest BCUT2D eigenvalue weighted by Crippen LogP contribution is -2.13. The number of methoxy groups -OCH3 is 1. The van der Waals surface area contributed by atoms with Gasteiger partial charge in [0.1, 0.15) is 0 Å². The minimum Gasteiger partial charge on any atom is -0.493 e. The molecule has 0 spiro atoms. The van der Waals surface area contributed by atoms with Gasteiger partial charge in [0, 0.05) is 6.54 Å². The van der Waals surface area contributed by atoms with E-state index in [0.29, 0.717) is 5.92 Å². The van der Waals surface area contributed by atoms with Crippen LogP contribution in [0, 0.1) is 5.92 Å². The maximum atomic E-state index is 6.05. The van der Waals surface area contributed by atoms with Crippen molar-refractivity contribution < 1.29 is 9.47 Å². The molecule has 3 nitrogen and oxygen atoms in total. The van der Waals surface area contributed by atoms with E-state index < -0.39 is 0 Å². The zero-order chi connectivity index (χ0) is 15.5. The van der Waals surface area contributed by atoms with Crippen molar-refractivity contribution in [2.75, 3.05) is 20.3 Å². The van der Waals surface area contributed by atoms with Gasteiger partial charge < -0.3 is 14.8 Å². The summed E-state index contributed by atoms with van der Waals surface area (Å²) in [6.07, 6.45) is 4.93. The first-order valence-corrected chi connectivity index (χ1v) is 8.25. The predicted octanol–water partition coefficient (Wildman–Crippen LogP) is 4.40. The van der Waals surface area contributed by atoms with Crippen LogP contribution in [0.5, 0.6) is 11.5 Å². The number of benzene rings is 1. The van der Waals surface area contributed by atoms with Crippen molar-refractivity contribution >= 4 is 0 Å². The Kier molecular flexibility index (Phi) is 8.91. The van der Waals surface area contributed by atoms with Gasteiger partial charge in [-0.25, -0.2) is 0 Å². The highest BCUT2D eigenvalue weighted by molar-refractivity contribution is 5.42. The lowest BCUT2D eigenvalue weighted by molar-refractivity contribution is 0.224. The molecule has 0 aliphatic carbocycles. The van der Waals surface area contributed by atoms with Crippen molar-refractivity contribution in [1.29, 1.82) is 0 Å². The summed E-state index contributed by atoms with van der Waals surface area (Å²) < 4.78 is 11.5. The Bertz CT molecular complexity index is 393. The number of nitrogens with one attached hydrogen (secondary N) is 1. The van der Waals surface area contributed by atoms with Gasteiger partial charge in [-0.15, -0.1) is 0 Å². The topological polar surface area (TPSA) is 30.5 Å². The molecule has 1 N–H and O–H groups in total. The molecule has 0 aromatic heterocycles. The molecular formula is C18H31NO2. The molecule has 1 aromatic rings. The first kappa shape index (κ1) is 17.8. The van der Waals surface area contributed by atoms with E-state index in [1.807, 2.05) is 6.07 Å². The van der Waals surface area contributed by atoms with Gasteiger partial charge in [-0.3, -0.25) is 0 Å². The van der Waals surface area contributed by atoms with Gasteiger partial charge in [-0.2, -0.15) is 0 Å². The first-order valence-electron chi connectivity index (χ1n) is 8.25. The fourth-order valence-electron chi connectivity index (χ4n) is 2.32. The van der Waals surface area contributed by atoms with Crippen molar-refractivity contribution in [3.05, 3.63) is 23.8 Å². The third kappa shape index (κ3) is 6.38. The van der Waals surface area contributed by atoms with Gasteiger partial charge in [-0.05, 0) is 36.6 Å². The van der Waals surface area contributed by atoms with Gasteiger partial charge in [0.15, 0.2) is 11.5 Å². The van der Waals surface area contributed by atoms with Crippen molar-refractivity contribution in [2.45, 2.75) is 53.0 Å². The number of unbranched alkanes of at least 4 members (excludes halogenated alkanes) is 1. The Morgan fingerprint density at radius 2 is 1.95 bits per heavy atom. The quantitative estimate of drug-likeness (QED) is 0.656. The van der Waals surface area contributed by atoms with Crippen LogP contribution in [0.3, 0.4) is 0 Å². The third-order valence-corrected chi connectivity index (χ3v) is 3.82. The summed E-state index contributed by atoms with van der Waals surface area (Å²) in [6.45, 7) is 9.20. The molecule has 0 fully saturated rings. The molecule has 0 amide bonds. The first-order chi connectivity index (χ1) is 10.2. The average molecular weight is 293 g/mol. The van der Waals surface area contributed by atoms with Gasteiger partial charge in [-0.1, -0.05) is 46.1 Å². The summed E-state index contributed by atoms with van der Waals surface area (Å²) in [5.74, 6) is 2.32. The lowest BCUT2D eigenvalue weighted by atomic mass is 10.0. The summed E-state index contributed by atoms with van der Waals surface area (Å²) in [5, 5.41) is 3.34. The Balaban J connectivity index is 2.65. The molecule has 120 valence electrons. The summed E-state index contributed by atoms with van der Waals surface area (Å²) in [6, 6.07) is 6.17. The summed E-state index contributed by atoms with van der Waals surface area (Å²) >= 11 is 0. The Morgan fingerprint density at radius 3 is 2.57 bits per heavy atom. The SMILES string of the molecule is CCCCC(CC)COc1cc(CNCC)ccc1OC. The van der Waals surface area contributed by atoms with E-state index in [9.17, 15) is 0 Å². The van der Waals surface area contributed by atoms with Crippen LogP contribution in [0.15, 0.2) is 18.2 Å². The second-order valence-electron chi connectivity index (χ2n) is 5.49. The molecule has 3 heteroatoms.